The van der Waals surface area contributed by atoms with Crippen LogP contribution in [0.1, 0.15) is 5.56 Å². The Hall–Kier alpha value is -1.58. The van der Waals surface area contributed by atoms with E-state index < -0.39 is 0 Å². The molecule has 0 atom stereocenters. The van der Waals surface area contributed by atoms with Crippen molar-refractivity contribution in [1.82, 2.24) is 4.98 Å². The molecule has 1 aromatic rings. The van der Waals surface area contributed by atoms with Crippen LogP contribution in [-0.4, -0.2) is 24.5 Å². The smallest absolute Gasteiger partial charge is 0.236 e. The number of likely N-dealkylation sites (N-methyl/N-ethyl adjacent to an activating group) is 1. The zero-order valence-electron chi connectivity index (χ0n) is 7.82. The Morgan fingerprint density at radius 1 is 1.69 bits per heavy atom. The van der Waals surface area contributed by atoms with Gasteiger partial charge in [-0.05, 0) is 24.6 Å². The number of carbonyl (C=O) groups excluding carboxylic acids is 1. The molecule has 0 aromatic carbocycles. The third-order valence-electron chi connectivity index (χ3n) is 1.69. The number of anilines is 1. The number of aromatic nitrogens is 1. The molecule has 0 aliphatic heterocycles. The van der Waals surface area contributed by atoms with Gasteiger partial charge in [0.25, 0.3) is 0 Å². The van der Waals surface area contributed by atoms with Gasteiger partial charge in [0, 0.05) is 13.2 Å². The molecule has 1 heterocycles. The van der Waals surface area contributed by atoms with Crippen LogP contribution in [0.5, 0.6) is 0 Å². The molecule has 0 saturated carbocycles. The lowest BCUT2D eigenvalue weighted by Gasteiger charge is -2.15. The summed E-state index contributed by atoms with van der Waals surface area (Å²) in [5.41, 5.74) is 6.17. The van der Waals surface area contributed by atoms with Gasteiger partial charge in [0.05, 0.1) is 6.54 Å². The number of nitrogens with two attached hydrogens (primary N) is 1. The van der Waals surface area contributed by atoms with Crippen LogP contribution in [-0.2, 0) is 4.79 Å². The molecule has 0 spiro atoms. The molecule has 13 heavy (non-hydrogen) atoms. The summed E-state index contributed by atoms with van der Waals surface area (Å²) in [6.45, 7) is 2.17. The van der Waals surface area contributed by atoms with Gasteiger partial charge in [-0.25, -0.2) is 4.98 Å². The van der Waals surface area contributed by atoms with Gasteiger partial charge in [-0.15, -0.1) is 0 Å². The van der Waals surface area contributed by atoms with Crippen LogP contribution in [0.3, 0.4) is 0 Å². The Bertz CT molecular complexity index is 311. The molecule has 70 valence electrons. The highest BCUT2D eigenvalue weighted by molar-refractivity contribution is 5.78. The van der Waals surface area contributed by atoms with E-state index in [-0.39, 0.29) is 12.5 Å². The Morgan fingerprint density at radius 3 is 2.92 bits per heavy atom. The highest BCUT2D eigenvalue weighted by atomic mass is 16.1. The molecule has 1 aromatic heterocycles. The minimum atomic E-state index is -0.356. The van der Waals surface area contributed by atoms with Gasteiger partial charge in [0.1, 0.15) is 5.82 Å². The maximum absolute atomic E-state index is 10.6. The lowest BCUT2D eigenvalue weighted by Crippen LogP contribution is -2.31. The Labute approximate surface area is 77.4 Å². The standard InChI is InChI=1S/C9H13N3O/c1-7-3-4-11-9(5-7)12(2)6-8(10)13/h3-5H,6H2,1-2H3,(H2,10,13). The maximum Gasteiger partial charge on any atom is 0.236 e. The third kappa shape index (κ3) is 2.74. The van der Waals surface area contributed by atoms with Crippen molar-refractivity contribution in [3.63, 3.8) is 0 Å². The summed E-state index contributed by atoms with van der Waals surface area (Å²) < 4.78 is 0. The van der Waals surface area contributed by atoms with E-state index in [0.717, 1.165) is 11.4 Å². The highest BCUT2D eigenvalue weighted by Crippen LogP contribution is 2.09. The van der Waals surface area contributed by atoms with E-state index >= 15 is 0 Å². The van der Waals surface area contributed by atoms with Crippen molar-refractivity contribution in [3.8, 4) is 0 Å². The topological polar surface area (TPSA) is 59.2 Å². The summed E-state index contributed by atoms with van der Waals surface area (Å²) in [5, 5.41) is 0. The number of primary amides is 1. The lowest BCUT2D eigenvalue weighted by molar-refractivity contribution is -0.116. The molecule has 0 aliphatic carbocycles. The molecule has 4 nitrogen and oxygen atoms in total. The predicted octanol–water partition coefficient (Wildman–Crippen LogP) is 0.312. The summed E-state index contributed by atoms with van der Waals surface area (Å²) in [4.78, 5) is 16.4. The molecule has 0 bridgehead atoms. The molecular formula is C9H13N3O. The minimum Gasteiger partial charge on any atom is -0.368 e. The summed E-state index contributed by atoms with van der Waals surface area (Å²) in [7, 11) is 1.78. The first-order chi connectivity index (χ1) is 6.09. The first-order valence-corrected chi connectivity index (χ1v) is 4.01. The van der Waals surface area contributed by atoms with Crippen LogP contribution in [0.25, 0.3) is 0 Å². The molecule has 0 unspecified atom stereocenters. The van der Waals surface area contributed by atoms with E-state index in [1.165, 1.54) is 0 Å². The quantitative estimate of drug-likeness (QED) is 0.726. The molecule has 4 heteroatoms. The largest absolute Gasteiger partial charge is 0.368 e. The van der Waals surface area contributed by atoms with Crippen molar-refractivity contribution in [2.45, 2.75) is 6.92 Å². The lowest BCUT2D eigenvalue weighted by atomic mass is 10.3. The normalized spacial score (nSPS) is 9.69. The average molecular weight is 179 g/mol. The summed E-state index contributed by atoms with van der Waals surface area (Å²) >= 11 is 0. The van der Waals surface area contributed by atoms with Gasteiger partial charge in [0.2, 0.25) is 5.91 Å². The molecule has 1 rings (SSSR count). The molecule has 2 N–H and O–H groups in total. The summed E-state index contributed by atoms with van der Waals surface area (Å²) in [6, 6.07) is 3.81. The zero-order valence-corrected chi connectivity index (χ0v) is 7.82. The first kappa shape index (κ1) is 9.51. The van der Waals surface area contributed by atoms with E-state index in [1.807, 2.05) is 19.1 Å². The fraction of sp³-hybridized carbons (Fsp3) is 0.333. The van der Waals surface area contributed by atoms with Crippen LogP contribution in [0.4, 0.5) is 5.82 Å². The molecular weight excluding hydrogens is 166 g/mol. The van der Waals surface area contributed by atoms with Gasteiger partial charge in [0.15, 0.2) is 0 Å². The van der Waals surface area contributed by atoms with Crippen LogP contribution in [0.2, 0.25) is 0 Å². The highest BCUT2D eigenvalue weighted by Gasteiger charge is 2.04. The second-order valence-electron chi connectivity index (χ2n) is 3.01. The van der Waals surface area contributed by atoms with Gasteiger partial charge in [-0.1, -0.05) is 0 Å². The number of nitrogens with zero attached hydrogens (tertiary/aromatic N) is 2. The summed E-state index contributed by atoms with van der Waals surface area (Å²) in [5.74, 6) is 0.407. The molecule has 0 radical (unpaired) electrons. The first-order valence-electron chi connectivity index (χ1n) is 4.01. The van der Waals surface area contributed by atoms with Crippen LogP contribution in [0, 0.1) is 6.92 Å². The van der Waals surface area contributed by atoms with Crippen molar-refractivity contribution >= 4 is 11.7 Å². The zero-order chi connectivity index (χ0) is 9.84. The van der Waals surface area contributed by atoms with Gasteiger partial charge in [-0.2, -0.15) is 0 Å². The summed E-state index contributed by atoms with van der Waals surface area (Å²) in [6.07, 6.45) is 1.71. The van der Waals surface area contributed by atoms with Gasteiger partial charge >= 0.3 is 0 Å². The van der Waals surface area contributed by atoms with Crippen LogP contribution >= 0.6 is 0 Å². The van der Waals surface area contributed by atoms with E-state index in [4.69, 9.17) is 5.73 Å². The molecule has 0 aliphatic rings. The molecule has 1 amide bonds. The molecule has 0 saturated heterocycles. The second kappa shape index (κ2) is 3.89. The number of hydrogen-bond donors (Lipinski definition) is 1. The van der Waals surface area contributed by atoms with Crippen molar-refractivity contribution in [3.05, 3.63) is 23.9 Å². The second-order valence-corrected chi connectivity index (χ2v) is 3.01. The Kier molecular flexibility index (Phi) is 2.84. The average Bonchev–Trinajstić information content (AvgIpc) is 2.03. The monoisotopic (exact) mass is 179 g/mol. The number of aryl methyl sites for hydroxylation is 1. The van der Waals surface area contributed by atoms with E-state index in [1.54, 1.807) is 18.1 Å². The predicted molar refractivity (Wildman–Crippen MR) is 51.4 cm³/mol. The van der Waals surface area contributed by atoms with Crippen molar-refractivity contribution in [1.29, 1.82) is 0 Å². The van der Waals surface area contributed by atoms with Crippen molar-refractivity contribution < 1.29 is 4.79 Å². The Morgan fingerprint density at radius 2 is 2.38 bits per heavy atom. The number of rotatable bonds is 3. The van der Waals surface area contributed by atoms with Gasteiger partial charge in [-0.3, -0.25) is 4.79 Å². The van der Waals surface area contributed by atoms with E-state index in [2.05, 4.69) is 4.98 Å². The molecule has 0 fully saturated rings. The maximum atomic E-state index is 10.6. The van der Waals surface area contributed by atoms with E-state index in [0.29, 0.717) is 0 Å². The number of hydrogen-bond acceptors (Lipinski definition) is 3. The Balaban J connectivity index is 2.76. The van der Waals surface area contributed by atoms with Crippen molar-refractivity contribution in [2.24, 2.45) is 5.73 Å². The number of carbonyl (C=O) groups is 1. The van der Waals surface area contributed by atoms with Crippen molar-refractivity contribution in [2.75, 3.05) is 18.5 Å². The fourth-order valence-corrected chi connectivity index (χ4v) is 1.04. The number of amides is 1. The van der Waals surface area contributed by atoms with E-state index in [9.17, 15) is 4.79 Å². The third-order valence-corrected chi connectivity index (χ3v) is 1.69. The van der Waals surface area contributed by atoms with Crippen LogP contribution in [0.15, 0.2) is 18.3 Å². The SMILES string of the molecule is Cc1ccnc(N(C)CC(N)=O)c1. The number of pyridine rings is 1. The van der Waals surface area contributed by atoms with Crippen LogP contribution < -0.4 is 10.6 Å². The fourth-order valence-electron chi connectivity index (χ4n) is 1.04. The van der Waals surface area contributed by atoms with Gasteiger partial charge < -0.3 is 10.6 Å². The minimum absolute atomic E-state index is 0.191.